The number of hydrogen-bond acceptors (Lipinski definition) is 2. The molecule has 122 valence electrons. The number of fused-ring (bicyclic) bond motifs is 1. The van der Waals surface area contributed by atoms with E-state index in [9.17, 15) is 14.0 Å². The number of halogens is 1. The molecule has 0 fully saturated rings. The van der Waals surface area contributed by atoms with Crippen LogP contribution in [0.5, 0.6) is 0 Å². The predicted molar refractivity (Wildman–Crippen MR) is 88.6 cm³/mol. The molecule has 3 aromatic rings. The Balaban J connectivity index is 1.83. The fourth-order valence-corrected chi connectivity index (χ4v) is 3.23. The van der Waals surface area contributed by atoms with Gasteiger partial charge in [-0.2, -0.15) is 0 Å². The second-order valence-corrected chi connectivity index (χ2v) is 6.01. The summed E-state index contributed by atoms with van der Waals surface area (Å²) in [4.78, 5) is 24.8. The molecule has 0 aliphatic heterocycles. The van der Waals surface area contributed by atoms with Gasteiger partial charge in [0, 0.05) is 0 Å². The number of nitrogens with one attached hydrogen (secondary N) is 1. The van der Waals surface area contributed by atoms with Gasteiger partial charge < -0.3 is 0 Å². The van der Waals surface area contributed by atoms with Crippen molar-refractivity contribution in [2.45, 2.75) is 25.7 Å². The lowest BCUT2D eigenvalue weighted by Gasteiger charge is -2.16. The van der Waals surface area contributed by atoms with Gasteiger partial charge in [0.05, 0.1) is 11.4 Å². The van der Waals surface area contributed by atoms with E-state index in [0.29, 0.717) is 11.4 Å². The highest BCUT2D eigenvalue weighted by Crippen LogP contribution is 2.23. The van der Waals surface area contributed by atoms with Gasteiger partial charge in [0.15, 0.2) is 0 Å². The van der Waals surface area contributed by atoms with Crippen LogP contribution >= 0.6 is 0 Å². The third kappa shape index (κ3) is 2.40. The van der Waals surface area contributed by atoms with E-state index in [1.807, 2.05) is 18.2 Å². The molecular weight excluding hydrogens is 309 g/mol. The first kappa shape index (κ1) is 14.7. The summed E-state index contributed by atoms with van der Waals surface area (Å²) in [5, 5.41) is 2.57. The molecular formula is C18H16FN3O2. The number of aryl methyl sites for hydroxylation is 2. The molecule has 0 amide bonds. The minimum Gasteiger partial charge on any atom is -0.246 e. The van der Waals surface area contributed by atoms with Gasteiger partial charge in [0.1, 0.15) is 5.82 Å². The zero-order valence-electron chi connectivity index (χ0n) is 13.0. The van der Waals surface area contributed by atoms with E-state index < -0.39 is 17.2 Å². The van der Waals surface area contributed by atoms with Crippen molar-refractivity contribution in [2.24, 2.45) is 0 Å². The third-order valence-corrected chi connectivity index (χ3v) is 4.47. The van der Waals surface area contributed by atoms with Crippen molar-refractivity contribution in [1.82, 2.24) is 14.3 Å². The van der Waals surface area contributed by atoms with Crippen LogP contribution in [0, 0.1) is 5.82 Å². The first-order valence-corrected chi connectivity index (χ1v) is 7.96. The summed E-state index contributed by atoms with van der Waals surface area (Å²) in [5.74, 6) is -0.419. The van der Waals surface area contributed by atoms with Gasteiger partial charge in [-0.15, -0.1) is 0 Å². The molecule has 2 aromatic carbocycles. The van der Waals surface area contributed by atoms with Crippen LogP contribution in [0.1, 0.15) is 24.0 Å². The molecule has 0 saturated heterocycles. The van der Waals surface area contributed by atoms with E-state index in [1.54, 1.807) is 0 Å². The summed E-state index contributed by atoms with van der Waals surface area (Å²) in [7, 11) is 0. The Labute approximate surface area is 137 Å². The summed E-state index contributed by atoms with van der Waals surface area (Å²) in [6.45, 7) is 0. The van der Waals surface area contributed by atoms with Crippen LogP contribution in [0.4, 0.5) is 4.39 Å². The van der Waals surface area contributed by atoms with Crippen LogP contribution in [0.25, 0.3) is 11.4 Å². The third-order valence-electron chi connectivity index (χ3n) is 4.47. The SMILES string of the molecule is O=c1[nH]n(-c2ccc3c(c2)CCCC3)c(=O)n1-c1ccc(F)cc1. The van der Waals surface area contributed by atoms with Crippen molar-refractivity contribution >= 4 is 0 Å². The Bertz CT molecular complexity index is 1010. The number of H-pyrrole nitrogens is 1. The standard InChI is InChI=1S/C18H16FN3O2/c19-14-6-9-15(10-7-14)21-17(23)20-22(18(21)24)16-8-5-12-3-1-2-4-13(12)11-16/h5-11H,1-4H2,(H,20,23). The van der Waals surface area contributed by atoms with E-state index >= 15 is 0 Å². The van der Waals surface area contributed by atoms with E-state index in [-0.39, 0.29) is 0 Å². The van der Waals surface area contributed by atoms with Gasteiger partial charge in [-0.25, -0.2) is 28.3 Å². The Morgan fingerprint density at radius 2 is 1.54 bits per heavy atom. The lowest BCUT2D eigenvalue weighted by molar-refractivity contribution is 0.627. The average Bonchev–Trinajstić information content (AvgIpc) is 2.90. The lowest BCUT2D eigenvalue weighted by Crippen LogP contribution is -2.26. The van der Waals surface area contributed by atoms with Gasteiger partial charge in [-0.3, -0.25) is 0 Å². The van der Waals surface area contributed by atoms with Crippen molar-refractivity contribution in [1.29, 1.82) is 0 Å². The molecule has 0 atom stereocenters. The van der Waals surface area contributed by atoms with Crippen LogP contribution in [0.3, 0.4) is 0 Å². The van der Waals surface area contributed by atoms with E-state index in [0.717, 1.165) is 23.8 Å². The molecule has 0 radical (unpaired) electrons. The maximum atomic E-state index is 13.1. The van der Waals surface area contributed by atoms with Gasteiger partial charge in [0.2, 0.25) is 0 Å². The van der Waals surface area contributed by atoms with Gasteiger partial charge >= 0.3 is 11.4 Å². The van der Waals surface area contributed by atoms with Crippen molar-refractivity contribution in [3.8, 4) is 11.4 Å². The maximum Gasteiger partial charge on any atom is 0.356 e. The molecule has 4 rings (SSSR count). The van der Waals surface area contributed by atoms with Gasteiger partial charge in [-0.05, 0) is 73.2 Å². The largest absolute Gasteiger partial charge is 0.356 e. The van der Waals surface area contributed by atoms with Crippen LogP contribution in [0.15, 0.2) is 52.1 Å². The van der Waals surface area contributed by atoms with Crippen LogP contribution in [-0.2, 0) is 12.8 Å². The molecule has 0 bridgehead atoms. The summed E-state index contributed by atoms with van der Waals surface area (Å²) >= 11 is 0. The van der Waals surface area contributed by atoms with Crippen molar-refractivity contribution in [3.05, 3.63) is 80.4 Å². The summed E-state index contributed by atoms with van der Waals surface area (Å²) in [6, 6.07) is 11.1. The van der Waals surface area contributed by atoms with Crippen molar-refractivity contribution < 1.29 is 4.39 Å². The molecule has 1 N–H and O–H groups in total. The normalized spacial score (nSPS) is 13.7. The molecule has 0 saturated carbocycles. The highest BCUT2D eigenvalue weighted by atomic mass is 19.1. The zero-order valence-corrected chi connectivity index (χ0v) is 13.0. The summed E-state index contributed by atoms with van der Waals surface area (Å²) < 4.78 is 15.3. The predicted octanol–water partition coefficient (Wildman–Crippen LogP) is 2.33. The molecule has 1 aliphatic rings. The Hall–Kier alpha value is -2.89. The van der Waals surface area contributed by atoms with E-state index in [1.165, 1.54) is 46.5 Å². The number of hydrogen-bond donors (Lipinski definition) is 1. The first-order chi connectivity index (χ1) is 11.6. The molecule has 0 spiro atoms. The van der Waals surface area contributed by atoms with Crippen molar-refractivity contribution in [3.63, 3.8) is 0 Å². The summed E-state index contributed by atoms with van der Waals surface area (Å²) in [6.07, 6.45) is 4.36. The molecule has 5 nitrogen and oxygen atoms in total. The lowest BCUT2D eigenvalue weighted by atomic mass is 9.91. The first-order valence-electron chi connectivity index (χ1n) is 7.96. The topological polar surface area (TPSA) is 59.8 Å². The number of aromatic nitrogens is 3. The molecule has 6 heteroatoms. The Morgan fingerprint density at radius 1 is 0.875 bits per heavy atom. The highest BCUT2D eigenvalue weighted by molar-refractivity contribution is 5.41. The van der Waals surface area contributed by atoms with Crippen molar-refractivity contribution in [2.75, 3.05) is 0 Å². The number of benzene rings is 2. The van der Waals surface area contributed by atoms with E-state index in [2.05, 4.69) is 5.10 Å². The minimum absolute atomic E-state index is 0.333. The number of nitrogens with zero attached hydrogens (tertiary/aromatic N) is 2. The average molecular weight is 325 g/mol. The van der Waals surface area contributed by atoms with Gasteiger partial charge in [0.25, 0.3) is 0 Å². The second-order valence-electron chi connectivity index (χ2n) is 6.01. The summed E-state index contributed by atoms with van der Waals surface area (Å²) in [5.41, 5.74) is 2.45. The Kier molecular flexibility index (Phi) is 3.45. The smallest absolute Gasteiger partial charge is 0.246 e. The Morgan fingerprint density at radius 3 is 2.29 bits per heavy atom. The zero-order chi connectivity index (χ0) is 16.7. The molecule has 1 aromatic heterocycles. The number of rotatable bonds is 2. The maximum absolute atomic E-state index is 13.1. The quantitative estimate of drug-likeness (QED) is 0.786. The van der Waals surface area contributed by atoms with Crippen LogP contribution in [0.2, 0.25) is 0 Å². The van der Waals surface area contributed by atoms with Gasteiger partial charge in [-0.1, -0.05) is 6.07 Å². The molecule has 1 aliphatic carbocycles. The van der Waals surface area contributed by atoms with Crippen LogP contribution in [-0.4, -0.2) is 14.3 Å². The monoisotopic (exact) mass is 325 g/mol. The molecule has 24 heavy (non-hydrogen) atoms. The fourth-order valence-electron chi connectivity index (χ4n) is 3.23. The molecule has 0 unspecified atom stereocenters. The number of aromatic amines is 1. The minimum atomic E-state index is -0.552. The molecule has 1 heterocycles. The fraction of sp³-hybridized carbons (Fsp3) is 0.222. The highest BCUT2D eigenvalue weighted by Gasteiger charge is 2.15. The second kappa shape index (κ2) is 5.63. The van der Waals surface area contributed by atoms with E-state index in [4.69, 9.17) is 0 Å². The van der Waals surface area contributed by atoms with Crippen LogP contribution < -0.4 is 11.4 Å².